The average Bonchev–Trinajstić information content (AvgIpc) is 2.38. The highest BCUT2D eigenvalue weighted by atomic mass is 16.3. The van der Waals surface area contributed by atoms with Crippen LogP contribution in [0.5, 0.6) is 0 Å². The summed E-state index contributed by atoms with van der Waals surface area (Å²) in [6, 6.07) is 0. The molecule has 1 aromatic heterocycles. The largest absolute Gasteiger partial charge is 0.389 e. The van der Waals surface area contributed by atoms with Crippen molar-refractivity contribution in [1.82, 2.24) is 9.97 Å². The van der Waals surface area contributed by atoms with Gasteiger partial charge in [0.25, 0.3) is 0 Å². The Kier molecular flexibility index (Phi) is 4.56. The number of aliphatic hydroxyl groups excluding tert-OH is 1. The molecule has 2 rings (SSSR count). The van der Waals surface area contributed by atoms with Crippen LogP contribution in [0.2, 0.25) is 0 Å². The summed E-state index contributed by atoms with van der Waals surface area (Å²) in [6.45, 7) is 8.37. The molecule has 1 aliphatic carbocycles. The summed E-state index contributed by atoms with van der Waals surface area (Å²) in [6.07, 6.45) is 6.32. The molecular weight excluding hydrogens is 236 g/mol. The van der Waals surface area contributed by atoms with Gasteiger partial charge in [-0.1, -0.05) is 13.8 Å². The van der Waals surface area contributed by atoms with Crippen LogP contribution in [-0.2, 0) is 0 Å². The van der Waals surface area contributed by atoms with E-state index < -0.39 is 6.10 Å². The summed E-state index contributed by atoms with van der Waals surface area (Å²) in [5, 5.41) is 9.62. The Morgan fingerprint density at radius 2 is 1.79 bits per heavy atom. The molecule has 0 aliphatic heterocycles. The molecule has 0 radical (unpaired) electrons. The molecule has 1 atom stereocenters. The molecule has 1 heterocycles. The van der Waals surface area contributed by atoms with Gasteiger partial charge >= 0.3 is 0 Å². The summed E-state index contributed by atoms with van der Waals surface area (Å²) < 4.78 is 0. The molecule has 3 nitrogen and oxygen atoms in total. The van der Waals surface area contributed by atoms with Gasteiger partial charge in [0, 0.05) is 23.4 Å². The van der Waals surface area contributed by atoms with E-state index >= 15 is 0 Å². The van der Waals surface area contributed by atoms with Crippen LogP contribution in [0.1, 0.15) is 75.6 Å². The first kappa shape index (κ1) is 14.4. The maximum absolute atomic E-state index is 9.62. The van der Waals surface area contributed by atoms with Crippen molar-refractivity contribution in [1.29, 1.82) is 0 Å². The van der Waals surface area contributed by atoms with Gasteiger partial charge in [-0.3, -0.25) is 0 Å². The molecule has 0 spiro atoms. The molecule has 0 aromatic carbocycles. The quantitative estimate of drug-likeness (QED) is 0.902. The first-order valence-corrected chi connectivity index (χ1v) is 7.50. The third-order valence-corrected chi connectivity index (χ3v) is 4.57. The average molecular weight is 262 g/mol. The SMILES string of the molecule is Cc1nc(C2CCC(C(C)C)CC2)ncc1[C@H](C)O. The highest BCUT2D eigenvalue weighted by Gasteiger charge is 2.26. The molecular formula is C16H26N2O. The Morgan fingerprint density at radius 1 is 1.16 bits per heavy atom. The van der Waals surface area contributed by atoms with E-state index in [-0.39, 0.29) is 0 Å². The number of nitrogens with zero attached hydrogens (tertiary/aromatic N) is 2. The van der Waals surface area contributed by atoms with E-state index in [4.69, 9.17) is 0 Å². The normalized spacial score (nSPS) is 25.6. The standard InChI is InChI=1S/C16H26N2O/c1-10(2)13-5-7-14(8-6-13)16-17-9-15(12(4)19)11(3)18-16/h9-10,12-14,19H,5-8H2,1-4H3/t12-,13?,14?/m0/s1. The molecule has 3 heteroatoms. The fraction of sp³-hybridized carbons (Fsp3) is 0.750. The predicted octanol–water partition coefficient (Wildman–Crippen LogP) is 3.77. The number of hydrogen-bond donors (Lipinski definition) is 1. The van der Waals surface area contributed by atoms with E-state index in [1.807, 2.05) is 6.92 Å². The second-order valence-corrected chi connectivity index (χ2v) is 6.30. The van der Waals surface area contributed by atoms with E-state index in [0.29, 0.717) is 5.92 Å². The summed E-state index contributed by atoms with van der Waals surface area (Å²) >= 11 is 0. The molecule has 1 aliphatic rings. The summed E-state index contributed by atoms with van der Waals surface area (Å²) in [4.78, 5) is 9.10. The van der Waals surface area contributed by atoms with Crippen LogP contribution in [0.4, 0.5) is 0 Å². The molecule has 1 saturated carbocycles. The van der Waals surface area contributed by atoms with Gasteiger partial charge in [-0.2, -0.15) is 0 Å². The van der Waals surface area contributed by atoms with Gasteiger partial charge in [-0.15, -0.1) is 0 Å². The van der Waals surface area contributed by atoms with Gasteiger partial charge in [0.1, 0.15) is 5.82 Å². The topological polar surface area (TPSA) is 46.0 Å². The fourth-order valence-electron chi connectivity index (χ4n) is 3.15. The van der Waals surface area contributed by atoms with Gasteiger partial charge in [0.05, 0.1) is 6.10 Å². The van der Waals surface area contributed by atoms with Gasteiger partial charge in [-0.05, 0) is 51.4 Å². The van der Waals surface area contributed by atoms with Crippen LogP contribution in [-0.4, -0.2) is 15.1 Å². The van der Waals surface area contributed by atoms with Crippen LogP contribution in [0.15, 0.2) is 6.20 Å². The number of aryl methyl sites for hydroxylation is 1. The highest BCUT2D eigenvalue weighted by molar-refractivity contribution is 5.19. The number of hydrogen-bond acceptors (Lipinski definition) is 3. The Labute approximate surface area is 116 Å². The molecule has 1 aromatic rings. The van der Waals surface area contributed by atoms with Crippen molar-refractivity contribution in [3.05, 3.63) is 23.3 Å². The first-order chi connectivity index (χ1) is 8.99. The van der Waals surface area contributed by atoms with Crippen LogP contribution in [0.3, 0.4) is 0 Å². The smallest absolute Gasteiger partial charge is 0.131 e. The van der Waals surface area contributed by atoms with Crippen LogP contribution < -0.4 is 0 Å². The van der Waals surface area contributed by atoms with Gasteiger partial charge in [0.2, 0.25) is 0 Å². The molecule has 0 unspecified atom stereocenters. The van der Waals surface area contributed by atoms with Crippen LogP contribution in [0, 0.1) is 18.8 Å². The Bertz CT molecular complexity index is 421. The molecule has 19 heavy (non-hydrogen) atoms. The van der Waals surface area contributed by atoms with Crippen molar-refractivity contribution >= 4 is 0 Å². The van der Waals surface area contributed by atoms with E-state index in [0.717, 1.165) is 28.9 Å². The lowest BCUT2D eigenvalue weighted by molar-refractivity contribution is 0.197. The van der Waals surface area contributed by atoms with Crippen molar-refractivity contribution in [2.75, 3.05) is 0 Å². The lowest BCUT2D eigenvalue weighted by atomic mass is 9.76. The zero-order valence-corrected chi connectivity index (χ0v) is 12.6. The molecule has 0 saturated heterocycles. The van der Waals surface area contributed by atoms with E-state index in [1.165, 1.54) is 25.7 Å². The predicted molar refractivity (Wildman–Crippen MR) is 76.9 cm³/mol. The molecule has 1 N–H and O–H groups in total. The van der Waals surface area contributed by atoms with Crippen LogP contribution >= 0.6 is 0 Å². The second kappa shape index (κ2) is 6.00. The van der Waals surface area contributed by atoms with Crippen molar-refractivity contribution in [3.63, 3.8) is 0 Å². The Morgan fingerprint density at radius 3 is 2.26 bits per heavy atom. The minimum absolute atomic E-state index is 0.481. The fourth-order valence-corrected chi connectivity index (χ4v) is 3.15. The zero-order valence-electron chi connectivity index (χ0n) is 12.6. The summed E-state index contributed by atoms with van der Waals surface area (Å²) in [5.41, 5.74) is 1.77. The lowest BCUT2D eigenvalue weighted by Gasteiger charge is -2.30. The zero-order chi connectivity index (χ0) is 14.0. The lowest BCUT2D eigenvalue weighted by Crippen LogP contribution is -2.19. The third kappa shape index (κ3) is 3.33. The highest BCUT2D eigenvalue weighted by Crippen LogP contribution is 2.37. The second-order valence-electron chi connectivity index (χ2n) is 6.30. The van der Waals surface area contributed by atoms with E-state index in [2.05, 4.69) is 23.8 Å². The van der Waals surface area contributed by atoms with Crippen molar-refractivity contribution in [2.24, 2.45) is 11.8 Å². The Balaban J connectivity index is 2.06. The third-order valence-electron chi connectivity index (χ3n) is 4.57. The maximum atomic E-state index is 9.62. The number of aromatic nitrogens is 2. The molecule has 0 bridgehead atoms. The van der Waals surface area contributed by atoms with Crippen LogP contribution in [0.25, 0.3) is 0 Å². The van der Waals surface area contributed by atoms with Crippen molar-refractivity contribution in [2.45, 2.75) is 65.4 Å². The monoisotopic (exact) mass is 262 g/mol. The van der Waals surface area contributed by atoms with Gasteiger partial charge < -0.3 is 5.11 Å². The summed E-state index contributed by atoms with van der Waals surface area (Å²) in [5.74, 6) is 3.15. The minimum atomic E-state index is -0.481. The maximum Gasteiger partial charge on any atom is 0.131 e. The Hall–Kier alpha value is -0.960. The molecule has 0 amide bonds. The van der Waals surface area contributed by atoms with E-state index in [9.17, 15) is 5.11 Å². The van der Waals surface area contributed by atoms with Crippen molar-refractivity contribution < 1.29 is 5.11 Å². The number of rotatable bonds is 3. The number of aliphatic hydroxyl groups is 1. The van der Waals surface area contributed by atoms with Gasteiger partial charge in [0.15, 0.2) is 0 Å². The van der Waals surface area contributed by atoms with Gasteiger partial charge in [-0.25, -0.2) is 9.97 Å². The van der Waals surface area contributed by atoms with E-state index in [1.54, 1.807) is 13.1 Å². The molecule has 1 fully saturated rings. The first-order valence-electron chi connectivity index (χ1n) is 7.50. The van der Waals surface area contributed by atoms with Crippen molar-refractivity contribution in [3.8, 4) is 0 Å². The summed E-state index contributed by atoms with van der Waals surface area (Å²) in [7, 11) is 0. The minimum Gasteiger partial charge on any atom is -0.389 e. The molecule has 106 valence electrons.